The summed E-state index contributed by atoms with van der Waals surface area (Å²) in [5, 5.41) is 4.33. The molecule has 10 rings (SSSR count). The molecule has 0 N–H and O–H groups in total. The molecular weight excluding hydrogens is 601 g/mol. The Kier molecular flexibility index (Phi) is 5.64. The molecule has 0 saturated carbocycles. The zero-order valence-electron chi connectivity index (χ0n) is 24.7. The fraction of sp³-hybridized carbons (Fsp3) is 0. The number of nitrogens with zero attached hydrogens (tertiary/aromatic N) is 4. The van der Waals surface area contributed by atoms with Gasteiger partial charge in [-0.15, -0.1) is 11.3 Å². The van der Waals surface area contributed by atoms with Crippen LogP contribution in [0.25, 0.3) is 98.8 Å². The van der Waals surface area contributed by atoms with Gasteiger partial charge in [-0.2, -0.15) is 0 Å². The Hall–Kier alpha value is -6.18. The highest BCUT2D eigenvalue weighted by Gasteiger charge is 2.20. The Labute approximate surface area is 271 Å². The molecule has 0 radical (unpaired) electrons. The molecule has 0 bridgehead atoms. The Morgan fingerprint density at radius 2 is 1.17 bits per heavy atom. The topological polar surface area (TPSA) is 77.8 Å². The van der Waals surface area contributed by atoms with Gasteiger partial charge in [-0.05, 0) is 42.5 Å². The monoisotopic (exact) mass is 622 g/mol. The average molecular weight is 623 g/mol. The molecule has 0 unspecified atom stereocenters. The fourth-order valence-corrected chi connectivity index (χ4v) is 7.57. The van der Waals surface area contributed by atoms with Gasteiger partial charge in [-0.25, -0.2) is 19.9 Å². The molecule has 0 aliphatic rings. The lowest BCUT2D eigenvalue weighted by atomic mass is 10.0. The third kappa shape index (κ3) is 4.17. The van der Waals surface area contributed by atoms with E-state index in [-0.39, 0.29) is 0 Å². The van der Waals surface area contributed by atoms with Gasteiger partial charge in [0.1, 0.15) is 16.7 Å². The first-order valence-corrected chi connectivity index (χ1v) is 16.1. The minimum atomic E-state index is 0.563. The number of fused-ring (bicyclic) bond motifs is 7. The van der Waals surface area contributed by atoms with E-state index in [0.29, 0.717) is 23.4 Å². The molecule has 4 heterocycles. The molecule has 47 heavy (non-hydrogen) atoms. The van der Waals surface area contributed by atoms with Crippen molar-refractivity contribution in [1.82, 2.24) is 19.9 Å². The van der Waals surface area contributed by atoms with Crippen molar-refractivity contribution < 1.29 is 8.83 Å². The normalized spacial score (nSPS) is 11.8. The summed E-state index contributed by atoms with van der Waals surface area (Å²) >= 11 is 1.74. The molecule has 0 fully saturated rings. The minimum Gasteiger partial charge on any atom is -0.455 e. The van der Waals surface area contributed by atoms with E-state index in [1.165, 1.54) is 0 Å². The summed E-state index contributed by atoms with van der Waals surface area (Å²) < 4.78 is 14.8. The molecule has 0 saturated heterocycles. The van der Waals surface area contributed by atoms with Crippen LogP contribution in [0.4, 0.5) is 0 Å². The summed E-state index contributed by atoms with van der Waals surface area (Å²) in [5.74, 6) is 2.39. The second kappa shape index (κ2) is 10.2. The lowest BCUT2D eigenvalue weighted by Crippen LogP contribution is -2.00. The number of furan rings is 1. The zero-order valence-corrected chi connectivity index (χ0v) is 25.5. The second-order valence-electron chi connectivity index (χ2n) is 11.4. The van der Waals surface area contributed by atoms with Crippen molar-refractivity contribution in [3.63, 3.8) is 0 Å². The third-order valence-corrected chi connectivity index (χ3v) is 9.71. The van der Waals surface area contributed by atoms with Gasteiger partial charge in [0.15, 0.2) is 23.1 Å². The fourth-order valence-electron chi connectivity index (χ4n) is 6.40. The maximum Gasteiger partial charge on any atom is 0.227 e. The van der Waals surface area contributed by atoms with Crippen LogP contribution in [0, 0.1) is 0 Å². The molecule has 0 aliphatic carbocycles. The van der Waals surface area contributed by atoms with E-state index >= 15 is 0 Å². The number of rotatable bonds is 4. The molecule has 4 aromatic heterocycles. The first-order valence-electron chi connectivity index (χ1n) is 15.3. The molecule has 0 aliphatic heterocycles. The number of oxazole rings is 1. The maximum atomic E-state index is 6.40. The summed E-state index contributed by atoms with van der Waals surface area (Å²) in [6, 6.07) is 44.8. The zero-order chi connectivity index (χ0) is 30.9. The van der Waals surface area contributed by atoms with E-state index in [2.05, 4.69) is 48.5 Å². The summed E-state index contributed by atoms with van der Waals surface area (Å²) in [6.07, 6.45) is 0. The van der Waals surface area contributed by atoms with Crippen LogP contribution in [0.3, 0.4) is 0 Å². The standard InChI is InChI=1S/C40H22N4O2S/c1-2-10-23(11-3-1)37-42-38(44-39(43-37)29-15-8-13-26-25-12-4-6-17-31(25)45-36(26)29)28-14-9-19-33-35(28)27-21-20-24(22-34(27)47-33)40-41-30-16-5-7-18-32(30)46-40/h1-22H. The summed E-state index contributed by atoms with van der Waals surface area (Å²) in [7, 11) is 0. The highest BCUT2D eigenvalue weighted by molar-refractivity contribution is 7.26. The van der Waals surface area contributed by atoms with E-state index in [9.17, 15) is 0 Å². The Balaban J connectivity index is 1.19. The van der Waals surface area contributed by atoms with Crippen LogP contribution in [-0.2, 0) is 0 Å². The number of thiophene rings is 1. The molecule has 0 spiro atoms. The largest absolute Gasteiger partial charge is 0.455 e. The van der Waals surface area contributed by atoms with E-state index in [4.69, 9.17) is 28.8 Å². The van der Waals surface area contributed by atoms with Crippen LogP contribution >= 0.6 is 11.3 Å². The van der Waals surface area contributed by atoms with Gasteiger partial charge in [-0.3, -0.25) is 0 Å². The van der Waals surface area contributed by atoms with Crippen molar-refractivity contribution in [1.29, 1.82) is 0 Å². The molecule has 0 atom stereocenters. The highest BCUT2D eigenvalue weighted by atomic mass is 32.1. The first kappa shape index (κ1) is 26.1. The van der Waals surface area contributed by atoms with Crippen LogP contribution in [-0.4, -0.2) is 19.9 Å². The SMILES string of the molecule is c1ccc(-c2nc(-c3cccc4c3oc3ccccc34)nc(-c3cccc4sc5cc(-c6nc7ccccc7o6)ccc5c34)n2)cc1. The van der Waals surface area contributed by atoms with Gasteiger partial charge in [0.05, 0.1) is 5.56 Å². The smallest absolute Gasteiger partial charge is 0.227 e. The number of benzene rings is 6. The van der Waals surface area contributed by atoms with E-state index in [1.54, 1.807) is 11.3 Å². The number of hydrogen-bond donors (Lipinski definition) is 0. The van der Waals surface area contributed by atoms with Crippen LogP contribution in [0.1, 0.15) is 0 Å². The quantitative estimate of drug-likeness (QED) is 0.194. The lowest BCUT2D eigenvalue weighted by Gasteiger charge is -2.10. The van der Waals surface area contributed by atoms with Crippen molar-refractivity contribution in [3.8, 4) is 45.6 Å². The molecular formula is C40H22N4O2S. The first-order chi connectivity index (χ1) is 23.3. The minimum absolute atomic E-state index is 0.563. The van der Waals surface area contributed by atoms with E-state index in [1.807, 2.05) is 84.9 Å². The predicted octanol–water partition coefficient (Wildman–Crippen LogP) is 10.9. The molecule has 7 heteroatoms. The Morgan fingerprint density at radius 3 is 2.06 bits per heavy atom. The van der Waals surface area contributed by atoms with Crippen LogP contribution in [0.5, 0.6) is 0 Å². The summed E-state index contributed by atoms with van der Waals surface area (Å²) in [6.45, 7) is 0. The van der Waals surface area contributed by atoms with Gasteiger partial charge >= 0.3 is 0 Å². The van der Waals surface area contributed by atoms with Crippen molar-refractivity contribution in [2.75, 3.05) is 0 Å². The molecule has 10 aromatic rings. The number of hydrogen-bond acceptors (Lipinski definition) is 7. The molecule has 220 valence electrons. The van der Waals surface area contributed by atoms with Crippen LogP contribution < -0.4 is 0 Å². The van der Waals surface area contributed by atoms with Crippen LogP contribution in [0.15, 0.2) is 142 Å². The Morgan fingerprint density at radius 1 is 0.447 bits per heavy atom. The summed E-state index contributed by atoms with van der Waals surface area (Å²) in [5.41, 5.74) is 6.84. The average Bonchev–Trinajstić information content (AvgIpc) is 3.84. The third-order valence-electron chi connectivity index (χ3n) is 8.59. The Bertz CT molecular complexity index is 2780. The van der Waals surface area contributed by atoms with Crippen molar-refractivity contribution >= 4 is 64.5 Å². The lowest BCUT2D eigenvalue weighted by molar-refractivity contribution is 0.620. The second-order valence-corrected chi connectivity index (χ2v) is 12.5. The van der Waals surface area contributed by atoms with E-state index in [0.717, 1.165) is 75.5 Å². The van der Waals surface area contributed by atoms with Gasteiger partial charge in [0.2, 0.25) is 5.89 Å². The summed E-state index contributed by atoms with van der Waals surface area (Å²) in [4.78, 5) is 20.0. The highest BCUT2D eigenvalue weighted by Crippen LogP contribution is 2.42. The molecule has 6 nitrogen and oxygen atoms in total. The van der Waals surface area contributed by atoms with Gasteiger partial charge < -0.3 is 8.83 Å². The van der Waals surface area contributed by atoms with Gasteiger partial charge in [0, 0.05) is 47.6 Å². The number of aromatic nitrogens is 4. The molecule has 0 amide bonds. The number of para-hydroxylation sites is 4. The van der Waals surface area contributed by atoms with Crippen LogP contribution in [0.2, 0.25) is 0 Å². The molecule has 6 aromatic carbocycles. The maximum absolute atomic E-state index is 6.40. The van der Waals surface area contributed by atoms with Crippen molar-refractivity contribution in [3.05, 3.63) is 133 Å². The van der Waals surface area contributed by atoms with Gasteiger partial charge in [0.25, 0.3) is 0 Å². The van der Waals surface area contributed by atoms with E-state index < -0.39 is 0 Å². The van der Waals surface area contributed by atoms with Crippen molar-refractivity contribution in [2.45, 2.75) is 0 Å². The van der Waals surface area contributed by atoms with Gasteiger partial charge in [-0.1, -0.05) is 91.0 Å². The predicted molar refractivity (Wildman–Crippen MR) is 189 cm³/mol. The van der Waals surface area contributed by atoms with Crippen molar-refractivity contribution in [2.24, 2.45) is 0 Å².